The average molecular weight is 319 g/mol. The zero-order valence-corrected chi connectivity index (χ0v) is 13.7. The number of likely N-dealkylation sites (tertiary alicyclic amines) is 1. The number of nitrogens with zero attached hydrogens (tertiary/aromatic N) is 1. The molecule has 0 spiro atoms. The van der Waals surface area contributed by atoms with Gasteiger partial charge < -0.3 is 20.6 Å². The molecule has 1 aromatic rings. The fourth-order valence-corrected chi connectivity index (χ4v) is 2.70. The maximum atomic E-state index is 12.5. The molecule has 1 fully saturated rings. The van der Waals surface area contributed by atoms with Gasteiger partial charge in [0.1, 0.15) is 12.6 Å². The predicted octanol–water partition coefficient (Wildman–Crippen LogP) is 1.68. The Balaban J connectivity index is 1.94. The number of rotatable bonds is 5. The van der Waals surface area contributed by atoms with Gasteiger partial charge in [-0.3, -0.25) is 9.59 Å². The number of hydrogen-bond donors (Lipinski definition) is 3. The Kier molecular flexibility index (Phi) is 5.98. The van der Waals surface area contributed by atoms with Crippen LogP contribution in [0, 0.1) is 5.92 Å². The van der Waals surface area contributed by atoms with Crippen molar-refractivity contribution in [1.82, 2.24) is 4.90 Å². The lowest BCUT2D eigenvalue weighted by molar-refractivity contribution is -0.133. The Morgan fingerprint density at radius 1 is 1.30 bits per heavy atom. The van der Waals surface area contributed by atoms with Gasteiger partial charge >= 0.3 is 0 Å². The number of nitrogens with one attached hydrogen (secondary N) is 2. The van der Waals surface area contributed by atoms with Crippen LogP contribution >= 0.6 is 0 Å². The van der Waals surface area contributed by atoms with Gasteiger partial charge in [0.15, 0.2) is 0 Å². The lowest BCUT2D eigenvalue weighted by atomic mass is 9.99. The summed E-state index contributed by atoms with van der Waals surface area (Å²) in [6, 6.07) is 6.78. The SMILES string of the molecule is CC1CCN(C(=O)[C@H](C)Nc2cccc(NC(=O)CO)c2)CC1. The molecule has 6 heteroatoms. The van der Waals surface area contributed by atoms with Crippen LogP contribution in [0.2, 0.25) is 0 Å². The highest BCUT2D eigenvalue weighted by atomic mass is 16.3. The molecule has 3 N–H and O–H groups in total. The Labute approximate surface area is 136 Å². The van der Waals surface area contributed by atoms with Crippen LogP contribution in [0.5, 0.6) is 0 Å². The van der Waals surface area contributed by atoms with Gasteiger partial charge in [0.05, 0.1) is 0 Å². The van der Waals surface area contributed by atoms with Crippen molar-refractivity contribution in [2.24, 2.45) is 5.92 Å². The van der Waals surface area contributed by atoms with Crippen LogP contribution in [0.15, 0.2) is 24.3 Å². The van der Waals surface area contributed by atoms with E-state index in [2.05, 4.69) is 17.6 Å². The summed E-state index contributed by atoms with van der Waals surface area (Å²) in [6.07, 6.45) is 2.11. The molecule has 1 saturated heterocycles. The van der Waals surface area contributed by atoms with E-state index in [1.807, 2.05) is 17.9 Å². The van der Waals surface area contributed by atoms with Crippen LogP contribution in [-0.2, 0) is 9.59 Å². The molecule has 126 valence electrons. The molecule has 0 bridgehead atoms. The van der Waals surface area contributed by atoms with Crippen molar-refractivity contribution in [1.29, 1.82) is 0 Å². The molecular formula is C17H25N3O3. The highest BCUT2D eigenvalue weighted by Gasteiger charge is 2.24. The zero-order valence-electron chi connectivity index (χ0n) is 13.7. The normalized spacial score (nSPS) is 16.7. The van der Waals surface area contributed by atoms with Crippen molar-refractivity contribution in [2.75, 3.05) is 30.3 Å². The summed E-state index contributed by atoms with van der Waals surface area (Å²) in [4.78, 5) is 25.6. The van der Waals surface area contributed by atoms with Gasteiger partial charge in [-0.1, -0.05) is 13.0 Å². The van der Waals surface area contributed by atoms with E-state index in [4.69, 9.17) is 5.11 Å². The molecule has 1 atom stereocenters. The van der Waals surface area contributed by atoms with Gasteiger partial charge in [-0.05, 0) is 43.9 Å². The van der Waals surface area contributed by atoms with E-state index in [0.717, 1.165) is 31.6 Å². The van der Waals surface area contributed by atoms with E-state index in [1.165, 1.54) is 0 Å². The largest absolute Gasteiger partial charge is 0.387 e. The third kappa shape index (κ3) is 4.96. The van der Waals surface area contributed by atoms with E-state index >= 15 is 0 Å². The van der Waals surface area contributed by atoms with Crippen LogP contribution in [0.3, 0.4) is 0 Å². The van der Waals surface area contributed by atoms with E-state index in [-0.39, 0.29) is 11.9 Å². The number of anilines is 2. The summed E-state index contributed by atoms with van der Waals surface area (Å²) in [5.74, 6) is 0.324. The second kappa shape index (κ2) is 7.97. The van der Waals surface area contributed by atoms with E-state index < -0.39 is 12.5 Å². The molecular weight excluding hydrogens is 294 g/mol. The number of aliphatic hydroxyl groups excluding tert-OH is 1. The average Bonchev–Trinajstić information content (AvgIpc) is 2.55. The first-order chi connectivity index (χ1) is 11.0. The smallest absolute Gasteiger partial charge is 0.250 e. The fourth-order valence-electron chi connectivity index (χ4n) is 2.70. The first kappa shape index (κ1) is 17.3. The summed E-state index contributed by atoms with van der Waals surface area (Å²) >= 11 is 0. The molecule has 2 rings (SSSR count). The van der Waals surface area contributed by atoms with Gasteiger partial charge in [-0.25, -0.2) is 0 Å². The Morgan fingerprint density at radius 3 is 2.61 bits per heavy atom. The lowest BCUT2D eigenvalue weighted by Crippen LogP contribution is -2.45. The van der Waals surface area contributed by atoms with Crippen molar-refractivity contribution in [3.05, 3.63) is 24.3 Å². The minimum atomic E-state index is -0.556. The van der Waals surface area contributed by atoms with E-state index in [0.29, 0.717) is 11.6 Å². The van der Waals surface area contributed by atoms with Crippen molar-refractivity contribution >= 4 is 23.2 Å². The number of hydrogen-bond acceptors (Lipinski definition) is 4. The summed E-state index contributed by atoms with van der Waals surface area (Å²) < 4.78 is 0. The molecule has 1 aliphatic heterocycles. The monoisotopic (exact) mass is 319 g/mol. The van der Waals surface area contributed by atoms with Crippen LogP contribution in [0.25, 0.3) is 0 Å². The maximum absolute atomic E-state index is 12.5. The zero-order chi connectivity index (χ0) is 16.8. The van der Waals surface area contributed by atoms with Gasteiger partial charge in [0, 0.05) is 24.5 Å². The molecule has 6 nitrogen and oxygen atoms in total. The molecule has 0 radical (unpaired) electrons. The Morgan fingerprint density at radius 2 is 1.96 bits per heavy atom. The van der Waals surface area contributed by atoms with E-state index in [9.17, 15) is 9.59 Å². The van der Waals surface area contributed by atoms with Gasteiger partial charge in [-0.15, -0.1) is 0 Å². The number of amides is 2. The van der Waals surface area contributed by atoms with Gasteiger partial charge in [-0.2, -0.15) is 0 Å². The van der Waals surface area contributed by atoms with Gasteiger partial charge in [0.2, 0.25) is 11.8 Å². The summed E-state index contributed by atoms with van der Waals surface area (Å²) in [7, 11) is 0. The summed E-state index contributed by atoms with van der Waals surface area (Å²) in [5, 5.41) is 14.5. The number of piperidine rings is 1. The Hall–Kier alpha value is -2.08. The molecule has 1 aliphatic rings. The number of aliphatic hydroxyl groups is 1. The number of carbonyl (C=O) groups is 2. The van der Waals surface area contributed by atoms with Crippen LogP contribution < -0.4 is 10.6 Å². The summed E-state index contributed by atoms with van der Waals surface area (Å²) in [6.45, 7) is 5.15. The molecule has 0 saturated carbocycles. The lowest BCUT2D eigenvalue weighted by Gasteiger charge is -2.32. The third-order valence-electron chi connectivity index (χ3n) is 4.14. The fraction of sp³-hybridized carbons (Fsp3) is 0.529. The molecule has 2 amide bonds. The van der Waals surface area contributed by atoms with Crippen LogP contribution in [0.1, 0.15) is 26.7 Å². The second-order valence-corrected chi connectivity index (χ2v) is 6.16. The Bertz CT molecular complexity index is 554. The van der Waals surface area contributed by atoms with Crippen molar-refractivity contribution in [3.8, 4) is 0 Å². The molecule has 1 heterocycles. The van der Waals surface area contributed by atoms with Crippen molar-refractivity contribution in [2.45, 2.75) is 32.7 Å². The molecule has 1 aromatic carbocycles. The van der Waals surface area contributed by atoms with Crippen LogP contribution in [-0.4, -0.2) is 47.6 Å². The molecule has 0 aromatic heterocycles. The highest BCUT2D eigenvalue weighted by Crippen LogP contribution is 2.19. The number of carbonyl (C=O) groups excluding carboxylic acids is 2. The molecule has 0 unspecified atom stereocenters. The first-order valence-electron chi connectivity index (χ1n) is 8.05. The standard InChI is InChI=1S/C17H25N3O3/c1-12-6-8-20(9-7-12)17(23)13(2)18-14-4-3-5-15(10-14)19-16(22)11-21/h3-5,10,12-13,18,21H,6-9,11H2,1-2H3,(H,19,22)/t13-/m0/s1. The quantitative estimate of drug-likeness (QED) is 0.771. The maximum Gasteiger partial charge on any atom is 0.250 e. The topological polar surface area (TPSA) is 81.7 Å². The third-order valence-corrected chi connectivity index (χ3v) is 4.14. The van der Waals surface area contributed by atoms with Crippen molar-refractivity contribution in [3.63, 3.8) is 0 Å². The van der Waals surface area contributed by atoms with Crippen molar-refractivity contribution < 1.29 is 14.7 Å². The van der Waals surface area contributed by atoms with Crippen LogP contribution in [0.4, 0.5) is 11.4 Å². The minimum absolute atomic E-state index is 0.0988. The summed E-state index contributed by atoms with van der Waals surface area (Å²) in [5.41, 5.74) is 1.34. The second-order valence-electron chi connectivity index (χ2n) is 6.16. The van der Waals surface area contributed by atoms with Gasteiger partial charge in [0.25, 0.3) is 0 Å². The molecule has 0 aliphatic carbocycles. The highest BCUT2D eigenvalue weighted by molar-refractivity contribution is 5.92. The first-order valence-corrected chi connectivity index (χ1v) is 8.05. The predicted molar refractivity (Wildman–Crippen MR) is 90.2 cm³/mol. The van der Waals surface area contributed by atoms with E-state index in [1.54, 1.807) is 18.2 Å². The number of benzene rings is 1. The molecule has 23 heavy (non-hydrogen) atoms. The minimum Gasteiger partial charge on any atom is -0.387 e.